The van der Waals surface area contributed by atoms with Crippen LogP contribution < -0.4 is 0 Å². The molecule has 1 aromatic rings. The zero-order chi connectivity index (χ0) is 15.1. The molecule has 0 N–H and O–H groups in total. The van der Waals surface area contributed by atoms with Crippen LogP contribution in [-0.2, 0) is 9.59 Å². The van der Waals surface area contributed by atoms with E-state index in [0.29, 0.717) is 18.5 Å². The van der Waals surface area contributed by atoms with E-state index in [1.165, 1.54) is 0 Å². The van der Waals surface area contributed by atoms with E-state index in [2.05, 4.69) is 0 Å². The van der Waals surface area contributed by atoms with Gasteiger partial charge in [0.2, 0.25) is 0 Å². The van der Waals surface area contributed by atoms with Crippen molar-refractivity contribution in [3.05, 3.63) is 41.5 Å². The van der Waals surface area contributed by atoms with Gasteiger partial charge in [0.25, 0.3) is 0 Å². The fourth-order valence-electron chi connectivity index (χ4n) is 2.09. The van der Waals surface area contributed by atoms with Gasteiger partial charge in [0.15, 0.2) is 11.6 Å². The molecule has 0 amide bonds. The molecule has 0 saturated carbocycles. The van der Waals surface area contributed by atoms with Crippen molar-refractivity contribution >= 4 is 17.6 Å². The minimum atomic E-state index is -0.185. The molecule has 0 spiro atoms. The van der Waals surface area contributed by atoms with Crippen molar-refractivity contribution in [2.75, 3.05) is 20.6 Å². The Kier molecular flexibility index (Phi) is 6.32. The quantitative estimate of drug-likeness (QED) is 0.435. The van der Waals surface area contributed by atoms with E-state index in [4.69, 9.17) is 0 Å². The van der Waals surface area contributed by atoms with Crippen molar-refractivity contribution in [2.45, 2.75) is 20.3 Å². The normalized spacial score (nSPS) is 13.3. The number of rotatable bonds is 7. The molecule has 1 aromatic carbocycles. The molecule has 3 nitrogen and oxygen atoms in total. The van der Waals surface area contributed by atoms with Crippen LogP contribution in [0.25, 0.3) is 6.08 Å². The lowest BCUT2D eigenvalue weighted by Crippen LogP contribution is -2.28. The summed E-state index contributed by atoms with van der Waals surface area (Å²) >= 11 is 0. The molecule has 1 rings (SSSR count). The van der Waals surface area contributed by atoms with Gasteiger partial charge in [0.05, 0.1) is 5.57 Å². The Morgan fingerprint density at radius 2 is 1.80 bits per heavy atom. The zero-order valence-corrected chi connectivity index (χ0v) is 12.7. The van der Waals surface area contributed by atoms with Gasteiger partial charge >= 0.3 is 0 Å². The van der Waals surface area contributed by atoms with E-state index in [0.717, 1.165) is 5.56 Å². The summed E-state index contributed by atoms with van der Waals surface area (Å²) in [5, 5.41) is 0. The number of hydrogen-bond donors (Lipinski definition) is 0. The molecule has 3 heteroatoms. The number of benzene rings is 1. The molecule has 0 aliphatic carbocycles. The Morgan fingerprint density at radius 3 is 2.30 bits per heavy atom. The van der Waals surface area contributed by atoms with Gasteiger partial charge in [-0.3, -0.25) is 9.59 Å². The maximum Gasteiger partial charge on any atom is 0.170 e. The van der Waals surface area contributed by atoms with Gasteiger partial charge < -0.3 is 4.90 Å². The standard InChI is InChI=1S/C17H23NO2/c1-5-16(19)15(11-14-9-7-6-8-10-14)17(20)13(2)12-18(3)4/h6-11,13H,5,12H2,1-4H3/b15-11+/t13-/m1/s1. The highest BCUT2D eigenvalue weighted by molar-refractivity contribution is 6.23. The number of hydrogen-bond acceptors (Lipinski definition) is 3. The Hall–Kier alpha value is -1.74. The van der Waals surface area contributed by atoms with E-state index in [1.54, 1.807) is 13.0 Å². The number of carbonyl (C=O) groups excluding carboxylic acids is 2. The second-order valence-corrected chi connectivity index (χ2v) is 5.27. The van der Waals surface area contributed by atoms with Crippen LogP contribution in [0.5, 0.6) is 0 Å². The van der Waals surface area contributed by atoms with E-state index in [-0.39, 0.29) is 17.5 Å². The molecule has 0 aliphatic heterocycles. The number of Topliss-reactive ketones (excluding diaryl/α,β-unsaturated/α-hetero) is 2. The number of carbonyl (C=O) groups is 2. The molecule has 108 valence electrons. The summed E-state index contributed by atoms with van der Waals surface area (Å²) in [6.45, 7) is 4.29. The molecule has 0 aliphatic rings. The summed E-state index contributed by atoms with van der Waals surface area (Å²) < 4.78 is 0. The molecular formula is C17H23NO2. The number of ketones is 2. The Balaban J connectivity index is 3.04. The highest BCUT2D eigenvalue weighted by Gasteiger charge is 2.22. The number of nitrogens with zero attached hydrogens (tertiary/aromatic N) is 1. The molecule has 0 fully saturated rings. The van der Waals surface area contributed by atoms with Crippen LogP contribution in [0.4, 0.5) is 0 Å². The van der Waals surface area contributed by atoms with Crippen LogP contribution in [0.15, 0.2) is 35.9 Å². The van der Waals surface area contributed by atoms with Gasteiger partial charge in [-0.05, 0) is 25.7 Å². The van der Waals surface area contributed by atoms with Gasteiger partial charge in [-0.1, -0.05) is 44.2 Å². The first-order valence-electron chi connectivity index (χ1n) is 6.94. The second-order valence-electron chi connectivity index (χ2n) is 5.27. The maximum absolute atomic E-state index is 12.5. The molecule has 0 radical (unpaired) electrons. The third kappa shape index (κ3) is 4.74. The van der Waals surface area contributed by atoms with E-state index in [1.807, 2.05) is 56.3 Å². The molecule has 0 aromatic heterocycles. The first-order valence-corrected chi connectivity index (χ1v) is 6.94. The lowest BCUT2D eigenvalue weighted by Gasteiger charge is -2.17. The van der Waals surface area contributed by atoms with Crippen LogP contribution in [-0.4, -0.2) is 37.1 Å². The fraction of sp³-hybridized carbons (Fsp3) is 0.412. The topological polar surface area (TPSA) is 37.4 Å². The largest absolute Gasteiger partial charge is 0.309 e. The lowest BCUT2D eigenvalue weighted by molar-refractivity contribution is -0.123. The van der Waals surface area contributed by atoms with Crippen LogP contribution in [0.3, 0.4) is 0 Å². The Bertz CT molecular complexity index is 489. The minimum absolute atomic E-state index is 0.0746. The molecule has 0 heterocycles. The maximum atomic E-state index is 12.5. The highest BCUT2D eigenvalue weighted by Crippen LogP contribution is 2.15. The second kappa shape index (κ2) is 7.75. The SMILES string of the molecule is CCC(=O)/C(=C\c1ccccc1)C(=O)[C@H](C)CN(C)C. The monoisotopic (exact) mass is 273 g/mol. The Morgan fingerprint density at radius 1 is 1.20 bits per heavy atom. The average molecular weight is 273 g/mol. The van der Waals surface area contributed by atoms with Crippen molar-refractivity contribution in [3.63, 3.8) is 0 Å². The Labute approximate surface area is 121 Å². The van der Waals surface area contributed by atoms with Crippen LogP contribution in [0.1, 0.15) is 25.8 Å². The highest BCUT2D eigenvalue weighted by atomic mass is 16.1. The average Bonchev–Trinajstić information content (AvgIpc) is 2.43. The lowest BCUT2D eigenvalue weighted by atomic mass is 9.93. The summed E-state index contributed by atoms with van der Waals surface area (Å²) in [5.74, 6) is -0.352. The first kappa shape index (κ1) is 16.3. The van der Waals surface area contributed by atoms with Gasteiger partial charge in [0.1, 0.15) is 0 Å². The zero-order valence-electron chi connectivity index (χ0n) is 12.7. The molecule has 20 heavy (non-hydrogen) atoms. The van der Waals surface area contributed by atoms with Gasteiger partial charge in [-0.15, -0.1) is 0 Å². The predicted octanol–water partition coefficient (Wildman–Crippen LogP) is 2.82. The van der Waals surface area contributed by atoms with Crippen LogP contribution in [0, 0.1) is 5.92 Å². The van der Waals surface area contributed by atoms with Crippen molar-refractivity contribution < 1.29 is 9.59 Å². The molecule has 0 saturated heterocycles. The predicted molar refractivity (Wildman–Crippen MR) is 82.4 cm³/mol. The molecule has 1 atom stereocenters. The van der Waals surface area contributed by atoms with E-state index < -0.39 is 0 Å². The molecule has 0 unspecified atom stereocenters. The van der Waals surface area contributed by atoms with Crippen molar-refractivity contribution in [1.29, 1.82) is 0 Å². The van der Waals surface area contributed by atoms with Crippen molar-refractivity contribution in [2.24, 2.45) is 5.92 Å². The van der Waals surface area contributed by atoms with Gasteiger partial charge in [-0.25, -0.2) is 0 Å². The smallest absolute Gasteiger partial charge is 0.170 e. The first-order chi connectivity index (χ1) is 9.45. The third-order valence-corrected chi connectivity index (χ3v) is 3.08. The summed E-state index contributed by atoms with van der Waals surface area (Å²) in [4.78, 5) is 26.5. The van der Waals surface area contributed by atoms with Crippen LogP contribution in [0.2, 0.25) is 0 Å². The summed E-state index contributed by atoms with van der Waals surface area (Å²) in [6, 6.07) is 9.50. The summed E-state index contributed by atoms with van der Waals surface area (Å²) in [7, 11) is 3.85. The molecular weight excluding hydrogens is 250 g/mol. The van der Waals surface area contributed by atoms with Crippen LogP contribution >= 0.6 is 0 Å². The van der Waals surface area contributed by atoms with E-state index in [9.17, 15) is 9.59 Å². The summed E-state index contributed by atoms with van der Waals surface area (Å²) in [5.41, 5.74) is 1.20. The number of allylic oxidation sites excluding steroid dienone is 1. The minimum Gasteiger partial charge on any atom is -0.309 e. The third-order valence-electron chi connectivity index (χ3n) is 3.08. The van der Waals surface area contributed by atoms with E-state index >= 15 is 0 Å². The fourth-order valence-corrected chi connectivity index (χ4v) is 2.09. The van der Waals surface area contributed by atoms with Crippen molar-refractivity contribution in [1.82, 2.24) is 4.90 Å². The van der Waals surface area contributed by atoms with Crippen molar-refractivity contribution in [3.8, 4) is 0 Å². The van der Waals surface area contributed by atoms with Gasteiger partial charge in [0, 0.05) is 18.9 Å². The molecule has 0 bridgehead atoms. The van der Waals surface area contributed by atoms with Gasteiger partial charge in [-0.2, -0.15) is 0 Å². The summed E-state index contributed by atoms with van der Waals surface area (Å²) in [6.07, 6.45) is 2.05.